The Morgan fingerprint density at radius 2 is 1.69 bits per heavy atom. The summed E-state index contributed by atoms with van der Waals surface area (Å²) >= 11 is 0. The molecule has 3 aromatic rings. The summed E-state index contributed by atoms with van der Waals surface area (Å²) < 4.78 is 93.1. The maximum absolute atomic E-state index is 14.5. The van der Waals surface area contributed by atoms with Gasteiger partial charge in [0.15, 0.2) is 17.5 Å². The lowest BCUT2D eigenvalue weighted by Gasteiger charge is -2.41. The maximum Gasteiger partial charge on any atom is 0.490 e. The first-order valence-corrected chi connectivity index (χ1v) is 16.1. The fourth-order valence-electron chi connectivity index (χ4n) is 7.03. The van der Waals surface area contributed by atoms with Crippen molar-refractivity contribution in [2.24, 2.45) is 0 Å². The molecule has 1 saturated heterocycles. The van der Waals surface area contributed by atoms with Crippen LogP contribution in [0, 0.1) is 23.3 Å². The Bertz CT molecular complexity index is 1770. The van der Waals surface area contributed by atoms with Crippen molar-refractivity contribution in [2.45, 2.75) is 55.7 Å². The summed E-state index contributed by atoms with van der Waals surface area (Å²) in [6, 6.07) is 11.4. The van der Waals surface area contributed by atoms with Crippen LogP contribution >= 0.6 is 0 Å². The molecule has 1 unspecified atom stereocenters. The molecule has 51 heavy (non-hydrogen) atoms. The number of alkyl halides is 3. The first kappa shape index (κ1) is 37.2. The molecule has 2 aliphatic heterocycles. The van der Waals surface area contributed by atoms with E-state index in [0.29, 0.717) is 13.0 Å². The third-order valence-electron chi connectivity index (χ3n) is 9.45. The first-order valence-electron chi connectivity index (χ1n) is 16.1. The lowest BCUT2D eigenvalue weighted by Crippen LogP contribution is -2.47. The molecule has 0 saturated carbocycles. The number of fused-ring (bicyclic) bond motifs is 3. The molecule has 3 aromatic carbocycles. The number of rotatable bonds is 7. The van der Waals surface area contributed by atoms with Crippen LogP contribution in [0.15, 0.2) is 48.5 Å². The number of carbonyl (C=O) groups excluding carboxylic acids is 2. The highest BCUT2D eigenvalue weighted by atomic mass is 19.4. The lowest BCUT2D eigenvalue weighted by atomic mass is 9.73. The van der Waals surface area contributed by atoms with E-state index >= 15 is 0 Å². The average molecular weight is 725 g/mol. The van der Waals surface area contributed by atoms with E-state index in [1.807, 2.05) is 12.1 Å². The topological polar surface area (TPSA) is 120 Å². The van der Waals surface area contributed by atoms with Gasteiger partial charge in [0.25, 0.3) is 0 Å². The summed E-state index contributed by atoms with van der Waals surface area (Å²) in [5.74, 6) is -7.76. The monoisotopic (exact) mass is 724 g/mol. The molecule has 9 nitrogen and oxygen atoms in total. The summed E-state index contributed by atoms with van der Waals surface area (Å²) in [6.07, 6.45) is -3.04. The molecule has 0 radical (unpaired) electrons. The molecule has 2 heterocycles. The zero-order valence-electron chi connectivity index (χ0n) is 27.3. The van der Waals surface area contributed by atoms with Crippen LogP contribution in [0.1, 0.15) is 48.3 Å². The second-order valence-electron chi connectivity index (χ2n) is 12.7. The SMILES string of the molecule is CNC(=O)[C@@H](Cc1cc(F)c(F)c(F)c1)NC(=O)CC1CC2(CCN(c3ccc4c(c3)OCCN4)CC2)c2cc(F)ccc21.O=C(O)C(F)(F)F. The molecule has 6 rings (SSSR count). The number of nitrogens with one attached hydrogen (secondary N) is 3. The van der Waals surface area contributed by atoms with Gasteiger partial charge in [0, 0.05) is 51.3 Å². The first-order chi connectivity index (χ1) is 24.1. The molecular formula is C35H35F7N4O5. The van der Waals surface area contributed by atoms with E-state index in [9.17, 15) is 40.3 Å². The number of likely N-dealkylation sites (N-methyl/N-ethyl adjacent to an activating group) is 1. The number of hydrogen-bond donors (Lipinski definition) is 4. The summed E-state index contributed by atoms with van der Waals surface area (Å²) in [5, 5.41) is 15.6. The fraction of sp³-hybridized carbons (Fsp3) is 0.400. The second-order valence-corrected chi connectivity index (χ2v) is 12.7. The van der Waals surface area contributed by atoms with Gasteiger partial charge in [0.05, 0.1) is 5.69 Å². The zero-order chi connectivity index (χ0) is 37.1. The molecule has 274 valence electrons. The number of ether oxygens (including phenoxy) is 1. The fourth-order valence-corrected chi connectivity index (χ4v) is 7.03. The van der Waals surface area contributed by atoms with Gasteiger partial charge in [-0.05, 0) is 83.7 Å². The molecule has 0 bridgehead atoms. The minimum absolute atomic E-state index is 0.0319. The van der Waals surface area contributed by atoms with Crippen molar-refractivity contribution < 1.29 is 55.0 Å². The normalized spacial score (nSPS) is 17.9. The van der Waals surface area contributed by atoms with Gasteiger partial charge in [-0.25, -0.2) is 22.4 Å². The quantitative estimate of drug-likeness (QED) is 0.186. The summed E-state index contributed by atoms with van der Waals surface area (Å²) in [5.41, 5.74) is 3.62. The standard InChI is InChI=1S/C33H34F4N4O3.C2HF3O2/c1-38-32(43)28(14-19-12-25(35)31(37)26(36)13-19)40-30(42)15-20-18-33(24-16-21(34)2-4-23(20)24)6-9-41(10-7-33)22-3-5-27-29(17-22)44-11-8-39-27;3-2(4,5)1(6)7/h2-5,12-13,16-17,20,28,39H,6-11,14-15,18H2,1H3,(H,38,43)(H,40,42);(H,6,7)/t20?,28-;/m1./s1. The van der Waals surface area contributed by atoms with Gasteiger partial charge in [-0.3, -0.25) is 9.59 Å². The molecule has 3 aliphatic rings. The minimum atomic E-state index is -5.08. The predicted octanol–water partition coefficient (Wildman–Crippen LogP) is 5.57. The summed E-state index contributed by atoms with van der Waals surface area (Å²) in [4.78, 5) is 37.1. The summed E-state index contributed by atoms with van der Waals surface area (Å²) in [7, 11) is 1.39. The van der Waals surface area contributed by atoms with E-state index in [1.54, 1.807) is 12.1 Å². The van der Waals surface area contributed by atoms with Gasteiger partial charge in [-0.15, -0.1) is 0 Å². The smallest absolute Gasteiger partial charge is 0.490 e. The Hall–Kier alpha value is -5.02. The lowest BCUT2D eigenvalue weighted by molar-refractivity contribution is -0.192. The second kappa shape index (κ2) is 15.1. The molecule has 4 N–H and O–H groups in total. The number of amides is 2. The van der Waals surface area contributed by atoms with Crippen LogP contribution in [0.25, 0.3) is 0 Å². The van der Waals surface area contributed by atoms with Crippen molar-refractivity contribution in [3.05, 3.63) is 88.5 Å². The number of carbonyl (C=O) groups is 3. The highest BCUT2D eigenvalue weighted by Gasteiger charge is 2.46. The van der Waals surface area contributed by atoms with Crippen LogP contribution in [0.5, 0.6) is 5.75 Å². The van der Waals surface area contributed by atoms with Crippen LogP contribution in [0.2, 0.25) is 0 Å². The molecular weight excluding hydrogens is 689 g/mol. The number of halogens is 7. The van der Waals surface area contributed by atoms with E-state index in [4.69, 9.17) is 14.6 Å². The molecule has 2 atom stereocenters. The number of carboxylic acid groups (broad SMARTS) is 1. The number of carboxylic acids is 1. The largest absolute Gasteiger partial charge is 0.490 e. The molecule has 1 spiro atoms. The van der Waals surface area contributed by atoms with Crippen LogP contribution in [-0.2, 0) is 26.2 Å². The van der Waals surface area contributed by atoms with Crippen LogP contribution in [0.3, 0.4) is 0 Å². The van der Waals surface area contributed by atoms with Crippen molar-refractivity contribution >= 4 is 29.2 Å². The molecule has 16 heteroatoms. The Balaban J connectivity index is 0.000000654. The third kappa shape index (κ3) is 8.48. The van der Waals surface area contributed by atoms with Gasteiger partial charge in [-0.1, -0.05) is 6.07 Å². The summed E-state index contributed by atoms with van der Waals surface area (Å²) in [6.45, 7) is 2.90. The number of hydrogen-bond acceptors (Lipinski definition) is 6. The average Bonchev–Trinajstić information content (AvgIpc) is 3.37. The highest BCUT2D eigenvalue weighted by molar-refractivity contribution is 5.88. The Kier molecular flexibility index (Phi) is 11.0. The van der Waals surface area contributed by atoms with Gasteiger partial charge in [-0.2, -0.15) is 13.2 Å². The minimum Gasteiger partial charge on any atom is -0.490 e. The van der Waals surface area contributed by atoms with Gasteiger partial charge in [0.1, 0.15) is 24.2 Å². The van der Waals surface area contributed by atoms with Gasteiger partial charge >= 0.3 is 12.1 Å². The van der Waals surface area contributed by atoms with E-state index in [1.165, 1.54) is 13.1 Å². The van der Waals surface area contributed by atoms with Crippen LogP contribution in [0.4, 0.5) is 42.1 Å². The third-order valence-corrected chi connectivity index (χ3v) is 9.45. The van der Waals surface area contributed by atoms with E-state index in [2.05, 4.69) is 26.9 Å². The highest BCUT2D eigenvalue weighted by Crippen LogP contribution is 2.53. The number of aliphatic carboxylic acids is 1. The number of benzene rings is 3. The molecule has 1 fully saturated rings. The maximum atomic E-state index is 14.5. The van der Waals surface area contributed by atoms with E-state index in [0.717, 1.165) is 72.9 Å². The van der Waals surface area contributed by atoms with Crippen LogP contribution in [-0.4, -0.2) is 68.4 Å². The van der Waals surface area contributed by atoms with E-state index < -0.39 is 47.5 Å². The molecule has 2 amide bonds. The van der Waals surface area contributed by atoms with Crippen LogP contribution < -0.4 is 25.6 Å². The van der Waals surface area contributed by atoms with Crippen molar-refractivity contribution in [2.75, 3.05) is 43.5 Å². The van der Waals surface area contributed by atoms with Crippen molar-refractivity contribution in [1.82, 2.24) is 10.6 Å². The molecule has 1 aliphatic carbocycles. The number of piperidine rings is 1. The Morgan fingerprint density at radius 1 is 1.02 bits per heavy atom. The molecule has 0 aromatic heterocycles. The Labute approximate surface area is 288 Å². The van der Waals surface area contributed by atoms with Crippen molar-refractivity contribution in [1.29, 1.82) is 0 Å². The van der Waals surface area contributed by atoms with E-state index in [-0.39, 0.29) is 35.6 Å². The van der Waals surface area contributed by atoms with Crippen molar-refractivity contribution in [3.63, 3.8) is 0 Å². The predicted molar refractivity (Wildman–Crippen MR) is 172 cm³/mol. The number of nitrogens with zero attached hydrogens (tertiary/aromatic N) is 1. The zero-order valence-corrected chi connectivity index (χ0v) is 27.3. The van der Waals surface area contributed by atoms with Gasteiger partial charge in [0.2, 0.25) is 11.8 Å². The number of anilines is 2. The Morgan fingerprint density at radius 3 is 2.31 bits per heavy atom. The van der Waals surface area contributed by atoms with Gasteiger partial charge < -0.3 is 30.7 Å². The van der Waals surface area contributed by atoms with Crippen molar-refractivity contribution in [3.8, 4) is 5.75 Å².